The molecule has 10 unspecified atom stereocenters. The maximum atomic E-state index is 14.0. The van der Waals surface area contributed by atoms with E-state index < -0.39 is 34.1 Å². The van der Waals surface area contributed by atoms with Crippen LogP contribution in [0, 0.1) is 69.0 Å². The molecule has 4 saturated carbocycles. The second-order valence-electron chi connectivity index (χ2n) is 12.6. The van der Waals surface area contributed by atoms with Gasteiger partial charge in [0.05, 0.1) is 11.5 Å². The Hall–Kier alpha value is -2.00. The lowest BCUT2D eigenvalue weighted by Crippen LogP contribution is -2.65. The lowest BCUT2D eigenvalue weighted by molar-refractivity contribution is -0.183. The number of ketones is 2. The Morgan fingerprint density at radius 1 is 1.15 bits per heavy atom. The van der Waals surface area contributed by atoms with E-state index in [4.69, 9.17) is 0 Å². The zero-order valence-electron chi connectivity index (χ0n) is 20.5. The van der Waals surface area contributed by atoms with Gasteiger partial charge in [0.15, 0.2) is 11.6 Å². The highest BCUT2D eigenvalue weighted by Gasteiger charge is 2.68. The number of nitrogens with zero attached hydrogens (tertiary/aromatic N) is 1. The van der Waals surface area contributed by atoms with Crippen molar-refractivity contribution in [2.24, 2.45) is 57.7 Å². The highest BCUT2D eigenvalue weighted by molar-refractivity contribution is 5.96. The summed E-state index contributed by atoms with van der Waals surface area (Å²) in [6, 6.07) is 2.16. The van der Waals surface area contributed by atoms with Crippen molar-refractivity contribution in [1.29, 1.82) is 5.26 Å². The van der Waals surface area contributed by atoms with E-state index in [1.807, 2.05) is 6.92 Å². The van der Waals surface area contributed by atoms with E-state index in [1.165, 1.54) is 0 Å². The van der Waals surface area contributed by atoms with Crippen LogP contribution in [0.3, 0.4) is 0 Å². The van der Waals surface area contributed by atoms with E-state index in [-0.39, 0.29) is 48.3 Å². The number of carboxylic acid groups (broad SMARTS) is 1. The van der Waals surface area contributed by atoms with E-state index in [0.29, 0.717) is 18.8 Å². The molecular weight excluding hydrogens is 430 g/mol. The summed E-state index contributed by atoms with van der Waals surface area (Å²) in [5.41, 5.74) is -0.915. The van der Waals surface area contributed by atoms with Crippen LogP contribution in [0.2, 0.25) is 0 Å². The molecule has 0 amide bonds. The minimum absolute atomic E-state index is 0.0230. The van der Waals surface area contributed by atoms with Crippen molar-refractivity contribution in [3.8, 4) is 6.07 Å². The van der Waals surface area contributed by atoms with Gasteiger partial charge in [-0.05, 0) is 86.5 Å². The maximum Gasteiger partial charge on any atom is 0.310 e. The quantitative estimate of drug-likeness (QED) is 0.630. The number of aliphatic hydroxyl groups is 1. The van der Waals surface area contributed by atoms with E-state index in [0.717, 1.165) is 37.7 Å². The Bertz CT molecular complexity index is 1010. The molecule has 184 valence electrons. The van der Waals surface area contributed by atoms with Crippen molar-refractivity contribution < 1.29 is 24.6 Å². The normalized spacial score (nSPS) is 50.1. The summed E-state index contributed by atoms with van der Waals surface area (Å²) in [7, 11) is 0. The van der Waals surface area contributed by atoms with Gasteiger partial charge in [0.25, 0.3) is 0 Å². The number of carbonyl (C=O) groups excluding carboxylic acids is 2. The molecule has 5 aliphatic carbocycles. The molecule has 0 radical (unpaired) electrons. The first-order valence-electron chi connectivity index (χ1n) is 13.1. The number of nitriles is 1. The van der Waals surface area contributed by atoms with Crippen molar-refractivity contribution in [3.63, 3.8) is 0 Å². The summed E-state index contributed by atoms with van der Waals surface area (Å²) >= 11 is 0. The molecule has 0 aromatic rings. The molecule has 2 N–H and O–H groups in total. The van der Waals surface area contributed by atoms with Crippen LogP contribution in [0.15, 0.2) is 11.6 Å². The third-order valence-electron chi connectivity index (χ3n) is 11.3. The Labute approximate surface area is 201 Å². The van der Waals surface area contributed by atoms with Gasteiger partial charge in [0.2, 0.25) is 0 Å². The summed E-state index contributed by atoms with van der Waals surface area (Å²) in [4.78, 5) is 39.4. The van der Waals surface area contributed by atoms with Crippen LogP contribution in [0.4, 0.5) is 0 Å². The predicted octanol–water partition coefficient (Wildman–Crippen LogP) is 4.17. The third-order valence-corrected chi connectivity index (χ3v) is 11.3. The molecule has 0 spiro atoms. The zero-order valence-corrected chi connectivity index (χ0v) is 20.5. The van der Waals surface area contributed by atoms with Gasteiger partial charge in [0, 0.05) is 23.9 Å². The number of hydrogen-bond acceptors (Lipinski definition) is 5. The van der Waals surface area contributed by atoms with Crippen LogP contribution in [-0.4, -0.2) is 34.4 Å². The van der Waals surface area contributed by atoms with Crippen LogP contribution in [0.5, 0.6) is 0 Å². The maximum absolute atomic E-state index is 14.0. The molecule has 5 rings (SSSR count). The van der Waals surface area contributed by atoms with E-state index >= 15 is 0 Å². The number of Topliss-reactive ketones (excluding diaryl/α,β-unsaturated/α-hetero) is 1. The topological polar surface area (TPSA) is 115 Å². The molecule has 0 bridgehead atoms. The van der Waals surface area contributed by atoms with Crippen LogP contribution in [-0.2, 0) is 14.4 Å². The molecule has 0 heterocycles. The van der Waals surface area contributed by atoms with Crippen LogP contribution < -0.4 is 0 Å². The van der Waals surface area contributed by atoms with Gasteiger partial charge in [-0.2, -0.15) is 5.26 Å². The van der Waals surface area contributed by atoms with E-state index in [2.05, 4.69) is 19.9 Å². The highest BCUT2D eigenvalue weighted by atomic mass is 16.4. The SMILES string of the molecule is CC1CCC2(C(=O)O)CCC3C(=CC(=O)C4C3(C)CCC3C(C)C(=O)C(C#N)CC34CO)C2C1. The molecule has 0 aromatic carbocycles. The Morgan fingerprint density at radius 3 is 2.50 bits per heavy atom. The number of carbonyl (C=O) groups is 3. The van der Waals surface area contributed by atoms with E-state index in [9.17, 15) is 29.9 Å². The molecule has 5 aliphatic rings. The van der Waals surface area contributed by atoms with Crippen LogP contribution in [0.25, 0.3) is 0 Å². The van der Waals surface area contributed by atoms with E-state index in [1.54, 1.807) is 6.08 Å². The molecular formula is C28H37NO5. The molecule has 6 heteroatoms. The summed E-state index contributed by atoms with van der Waals surface area (Å²) in [5.74, 6) is -2.07. The minimum atomic E-state index is -0.788. The standard InChI is InChI=1S/C28H37NO5/c1-15-4-8-27(25(33)34)9-6-20-18(21(27)10-15)11-22(31)24-26(20,3)7-5-19-16(2)23(32)17(13-29)12-28(19,24)14-30/h11,15-17,19-21,24,30H,4-10,12,14H2,1-3H3,(H,33,34). The van der Waals surface area contributed by atoms with Gasteiger partial charge in [-0.3, -0.25) is 14.4 Å². The average molecular weight is 468 g/mol. The fourth-order valence-electron chi connectivity index (χ4n) is 9.66. The minimum Gasteiger partial charge on any atom is -0.481 e. The van der Waals surface area contributed by atoms with Crippen molar-refractivity contribution in [1.82, 2.24) is 0 Å². The van der Waals surface area contributed by atoms with Crippen molar-refractivity contribution in [3.05, 3.63) is 11.6 Å². The van der Waals surface area contributed by atoms with Crippen LogP contribution >= 0.6 is 0 Å². The Balaban J connectivity index is 1.63. The fraction of sp³-hybridized carbons (Fsp3) is 0.786. The predicted molar refractivity (Wildman–Crippen MR) is 124 cm³/mol. The van der Waals surface area contributed by atoms with Gasteiger partial charge in [0.1, 0.15) is 5.92 Å². The van der Waals surface area contributed by atoms with Gasteiger partial charge in [-0.25, -0.2) is 0 Å². The molecule has 0 aromatic heterocycles. The zero-order chi connectivity index (χ0) is 24.6. The lowest BCUT2D eigenvalue weighted by atomic mass is 9.37. The smallest absolute Gasteiger partial charge is 0.310 e. The molecule has 0 saturated heterocycles. The first-order chi connectivity index (χ1) is 16.1. The van der Waals surface area contributed by atoms with Gasteiger partial charge < -0.3 is 10.2 Å². The number of hydrogen-bond donors (Lipinski definition) is 2. The highest BCUT2D eigenvalue weighted by Crippen LogP contribution is 2.69. The first kappa shape index (κ1) is 23.7. The molecule has 4 fully saturated rings. The largest absolute Gasteiger partial charge is 0.481 e. The van der Waals surface area contributed by atoms with Gasteiger partial charge >= 0.3 is 5.97 Å². The first-order valence-corrected chi connectivity index (χ1v) is 13.1. The average Bonchev–Trinajstić information content (AvgIpc) is 2.80. The summed E-state index contributed by atoms with van der Waals surface area (Å²) < 4.78 is 0. The number of fused-ring (bicyclic) bond motifs is 7. The third kappa shape index (κ3) is 2.86. The monoisotopic (exact) mass is 467 g/mol. The van der Waals surface area contributed by atoms with Gasteiger partial charge in [-0.1, -0.05) is 26.3 Å². The number of aliphatic hydroxyl groups excluding tert-OH is 1. The Morgan fingerprint density at radius 2 is 1.85 bits per heavy atom. The molecule has 6 nitrogen and oxygen atoms in total. The molecule has 10 atom stereocenters. The second kappa shape index (κ2) is 7.75. The number of carboxylic acids is 1. The fourth-order valence-corrected chi connectivity index (χ4v) is 9.66. The van der Waals surface area contributed by atoms with Crippen molar-refractivity contribution in [2.75, 3.05) is 6.61 Å². The van der Waals surface area contributed by atoms with Crippen molar-refractivity contribution in [2.45, 2.75) is 72.1 Å². The van der Waals surface area contributed by atoms with Gasteiger partial charge in [-0.15, -0.1) is 0 Å². The lowest BCUT2D eigenvalue weighted by Gasteiger charge is -2.65. The Kier molecular flexibility index (Phi) is 5.41. The number of aliphatic carboxylic acids is 1. The molecule has 34 heavy (non-hydrogen) atoms. The summed E-state index contributed by atoms with van der Waals surface area (Å²) in [5, 5.41) is 30.8. The molecule has 0 aliphatic heterocycles. The second-order valence-corrected chi connectivity index (χ2v) is 12.6. The van der Waals surface area contributed by atoms with Crippen molar-refractivity contribution >= 4 is 17.5 Å². The van der Waals surface area contributed by atoms with Crippen LogP contribution in [0.1, 0.15) is 72.1 Å². The summed E-state index contributed by atoms with van der Waals surface area (Å²) in [6.45, 7) is 6.02. The number of allylic oxidation sites excluding steroid dienone is 2. The number of rotatable bonds is 2. The summed E-state index contributed by atoms with van der Waals surface area (Å²) in [6.07, 6.45) is 7.29.